The number of carbonyl (C=O) groups is 1. The molecule has 138 valence electrons. The molecule has 0 radical (unpaired) electrons. The Kier molecular flexibility index (Phi) is 5.26. The van der Waals surface area contributed by atoms with Crippen molar-refractivity contribution in [3.63, 3.8) is 0 Å². The predicted octanol–water partition coefficient (Wildman–Crippen LogP) is 2.67. The number of amides is 1. The molecule has 1 aromatic heterocycles. The van der Waals surface area contributed by atoms with E-state index in [4.69, 9.17) is 14.1 Å². The molecular formula is C17H14N4O6. The Morgan fingerprint density at radius 2 is 1.93 bits per heavy atom. The molecular weight excluding hydrogens is 356 g/mol. The van der Waals surface area contributed by atoms with E-state index < -0.39 is 17.4 Å². The summed E-state index contributed by atoms with van der Waals surface area (Å²) in [5.74, 6) is 0.194. The van der Waals surface area contributed by atoms with Gasteiger partial charge in [0.05, 0.1) is 12.0 Å². The number of methoxy groups -OCH3 is 1. The highest BCUT2D eigenvalue weighted by Crippen LogP contribution is 2.27. The van der Waals surface area contributed by atoms with Gasteiger partial charge in [-0.25, -0.2) is 4.63 Å². The summed E-state index contributed by atoms with van der Waals surface area (Å²) < 4.78 is 15.0. The minimum Gasteiger partial charge on any atom is -0.497 e. The highest BCUT2D eigenvalue weighted by atomic mass is 16.6. The first-order chi connectivity index (χ1) is 13.1. The Morgan fingerprint density at radius 3 is 2.63 bits per heavy atom. The maximum absolute atomic E-state index is 12.1. The van der Waals surface area contributed by atoms with Crippen molar-refractivity contribution in [2.45, 2.75) is 0 Å². The van der Waals surface area contributed by atoms with Gasteiger partial charge in [0.15, 0.2) is 18.1 Å². The molecule has 1 heterocycles. The third-order valence-corrected chi connectivity index (χ3v) is 3.53. The Balaban J connectivity index is 1.67. The summed E-state index contributed by atoms with van der Waals surface area (Å²) in [6.45, 7) is -0.445. The van der Waals surface area contributed by atoms with Crippen LogP contribution in [0.1, 0.15) is 0 Å². The number of ether oxygens (including phenoxy) is 2. The van der Waals surface area contributed by atoms with Crippen molar-refractivity contribution in [3.8, 4) is 22.8 Å². The lowest BCUT2D eigenvalue weighted by atomic mass is 10.1. The van der Waals surface area contributed by atoms with E-state index in [1.54, 1.807) is 37.4 Å². The topological polar surface area (TPSA) is 130 Å². The smallest absolute Gasteiger partial charge is 0.310 e. The normalized spacial score (nSPS) is 10.3. The van der Waals surface area contributed by atoms with E-state index in [0.29, 0.717) is 17.0 Å². The molecule has 0 fully saturated rings. The highest BCUT2D eigenvalue weighted by Gasteiger charge is 2.18. The first kappa shape index (κ1) is 17.9. The van der Waals surface area contributed by atoms with Crippen LogP contribution in [0, 0.1) is 10.1 Å². The van der Waals surface area contributed by atoms with Crippen molar-refractivity contribution in [1.82, 2.24) is 10.3 Å². The van der Waals surface area contributed by atoms with Gasteiger partial charge in [-0.2, -0.15) is 0 Å². The summed E-state index contributed by atoms with van der Waals surface area (Å²) in [7, 11) is 1.55. The number of para-hydroxylation sites is 2. The summed E-state index contributed by atoms with van der Waals surface area (Å²) in [4.78, 5) is 22.5. The van der Waals surface area contributed by atoms with Gasteiger partial charge in [0.2, 0.25) is 5.82 Å². The van der Waals surface area contributed by atoms with E-state index in [1.165, 1.54) is 18.2 Å². The van der Waals surface area contributed by atoms with Gasteiger partial charge in [0.25, 0.3) is 5.91 Å². The van der Waals surface area contributed by atoms with Crippen molar-refractivity contribution in [2.75, 3.05) is 19.0 Å². The molecule has 0 atom stereocenters. The number of hydrogen-bond acceptors (Lipinski definition) is 8. The largest absolute Gasteiger partial charge is 0.497 e. The lowest BCUT2D eigenvalue weighted by Crippen LogP contribution is -2.21. The summed E-state index contributed by atoms with van der Waals surface area (Å²) in [6.07, 6.45) is 0. The Hall–Kier alpha value is -3.95. The molecule has 2 aromatic carbocycles. The molecule has 1 amide bonds. The van der Waals surface area contributed by atoms with Crippen LogP contribution in [0.3, 0.4) is 0 Å². The van der Waals surface area contributed by atoms with Crippen LogP contribution in [-0.2, 0) is 4.79 Å². The number of aromatic nitrogens is 2. The molecule has 3 rings (SSSR count). The fourth-order valence-electron chi connectivity index (χ4n) is 2.25. The number of rotatable bonds is 7. The van der Waals surface area contributed by atoms with Gasteiger partial charge in [-0.3, -0.25) is 14.9 Å². The molecule has 27 heavy (non-hydrogen) atoms. The number of nitro groups is 1. The van der Waals surface area contributed by atoms with Gasteiger partial charge < -0.3 is 14.8 Å². The van der Waals surface area contributed by atoms with Crippen molar-refractivity contribution in [3.05, 3.63) is 58.6 Å². The predicted molar refractivity (Wildman–Crippen MR) is 93.5 cm³/mol. The Bertz CT molecular complexity index is 954. The fraction of sp³-hybridized carbons (Fsp3) is 0.118. The van der Waals surface area contributed by atoms with Crippen LogP contribution in [0.2, 0.25) is 0 Å². The molecule has 10 heteroatoms. The van der Waals surface area contributed by atoms with Crippen LogP contribution >= 0.6 is 0 Å². The monoisotopic (exact) mass is 370 g/mol. The molecule has 1 N–H and O–H groups in total. The van der Waals surface area contributed by atoms with E-state index in [1.807, 2.05) is 0 Å². The van der Waals surface area contributed by atoms with Gasteiger partial charge in [-0.15, -0.1) is 0 Å². The van der Waals surface area contributed by atoms with Crippen molar-refractivity contribution in [2.24, 2.45) is 0 Å². The van der Waals surface area contributed by atoms with Gasteiger partial charge in [0.1, 0.15) is 5.75 Å². The lowest BCUT2D eigenvalue weighted by Gasteiger charge is -2.07. The Labute approximate surface area is 152 Å². The van der Waals surface area contributed by atoms with Gasteiger partial charge in [0, 0.05) is 11.6 Å². The Morgan fingerprint density at radius 1 is 1.19 bits per heavy atom. The maximum Gasteiger partial charge on any atom is 0.310 e. The molecule has 0 aliphatic rings. The average Bonchev–Trinajstić information content (AvgIpc) is 3.14. The SMILES string of the molecule is COc1ccc(-c2nonc2NC(=O)COc2ccccc2[N+](=O)[O-])cc1. The fourth-order valence-corrected chi connectivity index (χ4v) is 2.25. The quantitative estimate of drug-likeness (QED) is 0.496. The first-order valence-electron chi connectivity index (χ1n) is 7.71. The number of nitrogens with one attached hydrogen (secondary N) is 1. The second-order valence-electron chi connectivity index (χ2n) is 5.25. The van der Waals surface area contributed by atoms with Crippen molar-refractivity contribution < 1.29 is 23.8 Å². The third-order valence-electron chi connectivity index (χ3n) is 3.53. The number of nitrogens with zero attached hydrogens (tertiary/aromatic N) is 3. The third kappa shape index (κ3) is 4.18. The van der Waals surface area contributed by atoms with Crippen LogP contribution in [-0.4, -0.2) is 34.9 Å². The van der Waals surface area contributed by atoms with E-state index in [2.05, 4.69) is 15.6 Å². The van der Waals surface area contributed by atoms with Crippen LogP contribution in [0.25, 0.3) is 11.3 Å². The van der Waals surface area contributed by atoms with Crippen LogP contribution in [0.5, 0.6) is 11.5 Å². The summed E-state index contributed by atoms with van der Waals surface area (Å²) in [5, 5.41) is 20.9. The number of nitro benzene ring substituents is 1. The van der Waals surface area contributed by atoms with Crippen molar-refractivity contribution in [1.29, 1.82) is 0 Å². The van der Waals surface area contributed by atoms with E-state index in [-0.39, 0.29) is 17.3 Å². The molecule has 0 unspecified atom stereocenters. The van der Waals surface area contributed by atoms with E-state index in [0.717, 1.165) is 0 Å². The average molecular weight is 370 g/mol. The van der Waals surface area contributed by atoms with Crippen LogP contribution in [0.15, 0.2) is 53.2 Å². The second-order valence-corrected chi connectivity index (χ2v) is 5.25. The summed E-state index contributed by atoms with van der Waals surface area (Å²) in [6, 6.07) is 12.7. The summed E-state index contributed by atoms with van der Waals surface area (Å²) >= 11 is 0. The van der Waals surface area contributed by atoms with E-state index in [9.17, 15) is 14.9 Å². The van der Waals surface area contributed by atoms with Crippen molar-refractivity contribution >= 4 is 17.4 Å². The lowest BCUT2D eigenvalue weighted by molar-refractivity contribution is -0.385. The van der Waals surface area contributed by atoms with Crippen LogP contribution < -0.4 is 14.8 Å². The van der Waals surface area contributed by atoms with E-state index >= 15 is 0 Å². The number of carbonyl (C=O) groups excluding carboxylic acids is 1. The minimum absolute atomic E-state index is 0.00805. The molecule has 0 saturated heterocycles. The second kappa shape index (κ2) is 7.95. The molecule has 0 aliphatic carbocycles. The molecule has 10 nitrogen and oxygen atoms in total. The number of anilines is 1. The molecule has 3 aromatic rings. The number of hydrogen-bond donors (Lipinski definition) is 1. The molecule has 0 bridgehead atoms. The standard InChI is InChI=1S/C17H14N4O6/c1-25-12-8-6-11(7-9-12)16-17(20-27-19-16)18-15(22)10-26-14-5-3-2-4-13(14)21(23)24/h2-9H,10H2,1H3,(H,18,20,22). The highest BCUT2D eigenvalue weighted by molar-refractivity contribution is 5.94. The molecule has 0 aliphatic heterocycles. The minimum atomic E-state index is -0.587. The first-order valence-corrected chi connectivity index (χ1v) is 7.71. The number of benzene rings is 2. The molecule has 0 spiro atoms. The zero-order valence-electron chi connectivity index (χ0n) is 14.1. The van der Waals surface area contributed by atoms with Gasteiger partial charge in [-0.1, -0.05) is 12.1 Å². The summed E-state index contributed by atoms with van der Waals surface area (Å²) in [5.41, 5.74) is 0.760. The zero-order chi connectivity index (χ0) is 19.2. The zero-order valence-corrected chi connectivity index (χ0v) is 14.1. The molecule has 0 saturated carbocycles. The van der Waals surface area contributed by atoms with Crippen LogP contribution in [0.4, 0.5) is 11.5 Å². The van der Waals surface area contributed by atoms with Gasteiger partial charge in [-0.05, 0) is 40.6 Å². The maximum atomic E-state index is 12.1. The van der Waals surface area contributed by atoms with Gasteiger partial charge >= 0.3 is 5.69 Å².